The van der Waals surface area contributed by atoms with Crippen molar-refractivity contribution in [3.05, 3.63) is 23.8 Å². The molecule has 2 heterocycles. The summed E-state index contributed by atoms with van der Waals surface area (Å²) < 4.78 is 9.82. The van der Waals surface area contributed by atoms with Gasteiger partial charge in [-0.25, -0.2) is 14.6 Å². The van der Waals surface area contributed by atoms with Crippen molar-refractivity contribution in [2.24, 2.45) is 4.99 Å². The molecule has 0 saturated heterocycles. The lowest BCUT2D eigenvalue weighted by Crippen LogP contribution is -2.09. The normalized spacial score (nSPS) is 25.5. The van der Waals surface area contributed by atoms with Crippen LogP contribution in [0.5, 0.6) is 0 Å². The summed E-state index contributed by atoms with van der Waals surface area (Å²) in [5.41, 5.74) is 1.33. The van der Waals surface area contributed by atoms with E-state index >= 15 is 0 Å². The minimum absolute atomic E-state index is 0.598. The van der Waals surface area contributed by atoms with Crippen LogP contribution in [-0.4, -0.2) is 17.5 Å². The van der Waals surface area contributed by atoms with Gasteiger partial charge in [-0.05, 0) is 10.6 Å². The lowest BCUT2D eigenvalue weighted by atomic mass is 10.5. The maximum atomic E-state index is 11.0. The number of hydrogen-bond acceptors (Lipinski definition) is 5. The highest BCUT2D eigenvalue weighted by Crippen LogP contribution is 2.52. The van der Waals surface area contributed by atoms with Crippen LogP contribution in [0.25, 0.3) is 0 Å². The molecule has 2 rings (SSSR count). The summed E-state index contributed by atoms with van der Waals surface area (Å²) in [6, 6.07) is 0. The van der Waals surface area contributed by atoms with Crippen LogP contribution in [0.2, 0.25) is 0 Å². The van der Waals surface area contributed by atoms with E-state index in [2.05, 4.69) is 4.99 Å². The molecule has 0 aromatic rings. The van der Waals surface area contributed by atoms with Gasteiger partial charge in [0.15, 0.2) is 0 Å². The predicted octanol–water partition coefficient (Wildman–Crippen LogP) is 0.790. The molecule has 0 aromatic heterocycles. The van der Waals surface area contributed by atoms with Gasteiger partial charge >= 0.3 is 11.9 Å². The molecule has 1 spiro atoms. The molecule has 0 N–H and O–H groups in total. The Kier molecular flexibility index (Phi) is 1.70. The van der Waals surface area contributed by atoms with Gasteiger partial charge in [-0.1, -0.05) is 0 Å². The average Bonchev–Trinajstić information content (AvgIpc) is 2.43. The molecule has 68 valence electrons. The van der Waals surface area contributed by atoms with E-state index in [-0.39, 0.29) is 0 Å². The molecule has 0 bridgehead atoms. The third-order valence-corrected chi connectivity index (χ3v) is 3.09. The van der Waals surface area contributed by atoms with Crippen molar-refractivity contribution >= 4 is 28.1 Å². The number of nitrogens with zero attached hydrogens (tertiary/aromatic N) is 1. The van der Waals surface area contributed by atoms with Gasteiger partial charge in [0.2, 0.25) is 0 Å². The van der Waals surface area contributed by atoms with Gasteiger partial charge in [-0.2, -0.15) is 0 Å². The highest BCUT2D eigenvalue weighted by molar-refractivity contribution is 8.39. The Morgan fingerprint density at radius 3 is 2.23 bits per heavy atom. The van der Waals surface area contributed by atoms with Gasteiger partial charge in [0.1, 0.15) is 5.55 Å². The van der Waals surface area contributed by atoms with E-state index in [1.807, 2.05) is 0 Å². The Hall–Kier alpha value is -1.56. The molecule has 2 aliphatic rings. The quantitative estimate of drug-likeness (QED) is 0.578. The van der Waals surface area contributed by atoms with E-state index < -0.39 is 22.5 Å². The SMILES string of the molecule is O=C1C=CC(=O)OS2(C=CN=C2)O1. The Labute approximate surface area is 75.5 Å². The Morgan fingerprint density at radius 1 is 1.15 bits per heavy atom. The monoisotopic (exact) mass is 199 g/mol. The Morgan fingerprint density at radius 2 is 1.77 bits per heavy atom. The summed E-state index contributed by atoms with van der Waals surface area (Å²) in [5.74, 6) is -1.20. The molecule has 0 aliphatic carbocycles. The number of carbonyl (C=O) groups is 2. The number of hydrogen-bond donors (Lipinski definition) is 0. The highest BCUT2D eigenvalue weighted by Gasteiger charge is 2.28. The largest absolute Gasteiger partial charge is 0.354 e. The van der Waals surface area contributed by atoms with Crippen LogP contribution in [0.4, 0.5) is 0 Å². The first-order valence-electron chi connectivity index (χ1n) is 3.38. The zero-order chi connectivity index (χ0) is 9.31. The first kappa shape index (κ1) is 8.06. The van der Waals surface area contributed by atoms with E-state index in [1.165, 1.54) is 17.2 Å². The third-order valence-electron chi connectivity index (χ3n) is 1.32. The first-order valence-corrected chi connectivity index (χ1v) is 4.99. The zero-order valence-electron chi connectivity index (χ0n) is 6.38. The van der Waals surface area contributed by atoms with Crippen LogP contribution in [0.1, 0.15) is 0 Å². The van der Waals surface area contributed by atoms with Crippen molar-refractivity contribution in [2.45, 2.75) is 0 Å². The molecular weight excluding hydrogens is 194 g/mol. The fraction of sp³-hybridized carbons (Fsp3) is 0. The first-order chi connectivity index (χ1) is 6.20. The summed E-state index contributed by atoms with van der Waals surface area (Å²) >= 11 is 0. The van der Waals surface area contributed by atoms with Gasteiger partial charge < -0.3 is 8.37 Å². The molecule has 0 radical (unpaired) electrons. The van der Waals surface area contributed by atoms with Crippen LogP contribution < -0.4 is 0 Å². The van der Waals surface area contributed by atoms with Gasteiger partial charge in [-0.15, -0.1) is 0 Å². The van der Waals surface area contributed by atoms with Crippen molar-refractivity contribution in [1.29, 1.82) is 0 Å². The van der Waals surface area contributed by atoms with Crippen molar-refractivity contribution < 1.29 is 18.0 Å². The van der Waals surface area contributed by atoms with Gasteiger partial charge in [0, 0.05) is 18.4 Å². The molecule has 0 unspecified atom stereocenters. The highest BCUT2D eigenvalue weighted by atomic mass is 32.3. The van der Waals surface area contributed by atoms with E-state index in [4.69, 9.17) is 8.37 Å². The number of carbonyl (C=O) groups excluding carboxylic acids is 2. The lowest BCUT2D eigenvalue weighted by molar-refractivity contribution is -0.129. The fourth-order valence-electron chi connectivity index (χ4n) is 0.839. The zero-order valence-corrected chi connectivity index (χ0v) is 7.19. The van der Waals surface area contributed by atoms with Gasteiger partial charge in [-0.3, -0.25) is 0 Å². The summed E-state index contributed by atoms with van der Waals surface area (Å²) in [6.45, 7) is 0. The summed E-state index contributed by atoms with van der Waals surface area (Å²) in [4.78, 5) is 25.7. The van der Waals surface area contributed by atoms with Crippen LogP contribution in [0, 0.1) is 0 Å². The minimum Gasteiger partial charge on any atom is -0.331 e. The van der Waals surface area contributed by atoms with Crippen molar-refractivity contribution in [1.82, 2.24) is 0 Å². The van der Waals surface area contributed by atoms with Gasteiger partial charge in [0.25, 0.3) is 0 Å². The van der Waals surface area contributed by atoms with Crippen LogP contribution in [0.3, 0.4) is 0 Å². The predicted molar refractivity (Wildman–Crippen MR) is 46.5 cm³/mol. The van der Waals surface area contributed by atoms with Crippen molar-refractivity contribution in [3.8, 4) is 0 Å². The molecule has 0 saturated carbocycles. The van der Waals surface area contributed by atoms with E-state index in [9.17, 15) is 9.59 Å². The maximum absolute atomic E-state index is 11.0. The Bertz CT molecular complexity index is 324. The maximum Gasteiger partial charge on any atom is 0.354 e. The lowest BCUT2D eigenvalue weighted by Gasteiger charge is -2.29. The molecule has 0 aromatic carbocycles. The molecule has 5 nitrogen and oxygen atoms in total. The summed E-state index contributed by atoms with van der Waals surface area (Å²) in [7, 11) is -2.33. The molecular formula is C7H5NO4S. The standard InChI is InChI=1S/C7H5NO4S/c9-6-1-2-7(10)12-13(11-6)4-3-8-5-13/h1-5H. The van der Waals surface area contributed by atoms with E-state index in [0.717, 1.165) is 12.2 Å². The average molecular weight is 199 g/mol. The van der Waals surface area contributed by atoms with Crippen molar-refractivity contribution in [2.75, 3.05) is 0 Å². The fourth-order valence-corrected chi connectivity index (χ4v) is 2.24. The second-order valence-electron chi connectivity index (χ2n) is 2.27. The second-order valence-corrected chi connectivity index (χ2v) is 4.26. The van der Waals surface area contributed by atoms with E-state index in [1.54, 1.807) is 0 Å². The molecule has 13 heavy (non-hydrogen) atoms. The molecule has 2 aliphatic heterocycles. The second kappa shape index (κ2) is 2.74. The third kappa shape index (κ3) is 1.48. The number of rotatable bonds is 0. The van der Waals surface area contributed by atoms with Crippen LogP contribution >= 0.6 is 10.6 Å². The molecule has 0 atom stereocenters. The van der Waals surface area contributed by atoms with Gasteiger partial charge in [0.05, 0.1) is 5.41 Å². The molecule has 6 heteroatoms. The Balaban J connectivity index is 2.32. The van der Waals surface area contributed by atoms with Crippen LogP contribution in [0.15, 0.2) is 28.8 Å². The number of aliphatic imine (C=N–C) groups is 1. The topological polar surface area (TPSA) is 65.0 Å². The van der Waals surface area contributed by atoms with Crippen LogP contribution in [-0.2, 0) is 18.0 Å². The van der Waals surface area contributed by atoms with Crippen molar-refractivity contribution in [3.63, 3.8) is 0 Å². The summed E-state index contributed by atoms with van der Waals surface area (Å²) in [5, 5.41) is 1.47. The summed E-state index contributed by atoms with van der Waals surface area (Å²) in [6.07, 6.45) is 3.50. The molecule has 0 fully saturated rings. The minimum atomic E-state index is -2.33. The smallest absolute Gasteiger partial charge is 0.331 e. The molecule has 0 amide bonds. The van der Waals surface area contributed by atoms with E-state index in [0.29, 0.717) is 0 Å².